The molecule has 11 heteroatoms. The van der Waals surface area contributed by atoms with E-state index in [1.54, 1.807) is 55.7 Å². The van der Waals surface area contributed by atoms with Gasteiger partial charge in [-0.3, -0.25) is 19.1 Å². The molecular formula is C36H41ClN4O5S. The van der Waals surface area contributed by atoms with E-state index < -0.39 is 12.0 Å². The molecule has 1 aliphatic carbocycles. The number of amides is 1. The SMILES string of the molecule is CC1=C(C(=O)OC(C)C)C(c2ccc(Cl)cc2)n2c(s/c(=C\c3ccc(OCC(=O)N4CCN(C5CCCCC5)CC4)cc3)c2=O)=N1. The van der Waals surface area contributed by atoms with Gasteiger partial charge in [0, 0.05) is 37.2 Å². The lowest BCUT2D eigenvalue weighted by Crippen LogP contribution is -2.53. The second-order valence-electron chi connectivity index (χ2n) is 12.7. The highest BCUT2D eigenvalue weighted by atomic mass is 35.5. The normalized spacial score (nSPS) is 19.5. The topological polar surface area (TPSA) is 93.4 Å². The molecule has 0 spiro atoms. The molecule has 0 bridgehead atoms. The third-order valence-corrected chi connectivity index (χ3v) is 10.3. The molecule has 1 atom stereocenters. The van der Waals surface area contributed by atoms with Crippen LogP contribution < -0.4 is 19.6 Å². The molecule has 1 aromatic heterocycles. The summed E-state index contributed by atoms with van der Waals surface area (Å²) < 4.78 is 13.4. The molecule has 0 N–H and O–H groups in total. The van der Waals surface area contributed by atoms with Gasteiger partial charge in [0.05, 0.1) is 27.9 Å². The average Bonchev–Trinajstić information content (AvgIpc) is 3.37. The van der Waals surface area contributed by atoms with Gasteiger partial charge >= 0.3 is 5.97 Å². The van der Waals surface area contributed by atoms with Crippen molar-refractivity contribution in [2.24, 2.45) is 4.99 Å². The van der Waals surface area contributed by atoms with Crippen LogP contribution in [0.25, 0.3) is 6.08 Å². The number of carbonyl (C=O) groups is 2. The van der Waals surface area contributed by atoms with E-state index in [1.807, 2.05) is 29.2 Å². The minimum atomic E-state index is -0.708. The first-order chi connectivity index (χ1) is 22.7. The first-order valence-electron chi connectivity index (χ1n) is 16.4. The van der Waals surface area contributed by atoms with Crippen molar-refractivity contribution in [1.82, 2.24) is 14.4 Å². The van der Waals surface area contributed by atoms with Crippen LogP contribution in [0.4, 0.5) is 0 Å². The molecule has 3 heterocycles. The Bertz CT molecular complexity index is 1820. The van der Waals surface area contributed by atoms with Crippen LogP contribution in [0.5, 0.6) is 5.75 Å². The van der Waals surface area contributed by atoms with Crippen molar-refractivity contribution in [2.75, 3.05) is 32.8 Å². The Morgan fingerprint density at radius 1 is 1.00 bits per heavy atom. The fourth-order valence-electron chi connectivity index (χ4n) is 6.65. The fraction of sp³-hybridized carbons (Fsp3) is 0.444. The first-order valence-corrected chi connectivity index (χ1v) is 17.6. The molecule has 2 aromatic carbocycles. The minimum absolute atomic E-state index is 0.000611. The summed E-state index contributed by atoms with van der Waals surface area (Å²) in [6.07, 6.45) is 8.00. The van der Waals surface area contributed by atoms with Crippen LogP contribution >= 0.6 is 22.9 Å². The Balaban J connectivity index is 1.16. The lowest BCUT2D eigenvalue weighted by atomic mass is 9.94. The standard InChI is InChI=1S/C36H41ClN4O5S/c1-23(2)46-35(44)32-24(3)38-36-41(33(32)26-11-13-27(37)14-12-26)34(43)30(47-36)21-25-9-15-29(16-10-25)45-22-31(42)40-19-17-39(18-20-40)28-7-5-4-6-8-28/h9-16,21,23,28,33H,4-8,17-20,22H2,1-3H3/b30-21-. The summed E-state index contributed by atoms with van der Waals surface area (Å²) in [5, 5.41) is 0.553. The molecule has 2 aliphatic heterocycles. The number of benzene rings is 2. The summed E-state index contributed by atoms with van der Waals surface area (Å²) in [4.78, 5) is 49.6. The number of nitrogens with zero attached hydrogens (tertiary/aromatic N) is 4. The molecule has 3 aliphatic rings. The highest BCUT2D eigenvalue weighted by Gasteiger charge is 2.34. The summed E-state index contributed by atoms with van der Waals surface area (Å²) in [7, 11) is 0. The van der Waals surface area contributed by atoms with Crippen molar-refractivity contribution in [3.63, 3.8) is 0 Å². The molecule has 1 unspecified atom stereocenters. The number of rotatable bonds is 8. The Hall–Kier alpha value is -3.73. The lowest BCUT2D eigenvalue weighted by molar-refractivity contribution is -0.143. The number of aromatic nitrogens is 1. The smallest absolute Gasteiger partial charge is 0.338 e. The molecule has 3 aromatic rings. The van der Waals surface area contributed by atoms with Gasteiger partial charge in [-0.05, 0) is 75.1 Å². The van der Waals surface area contributed by atoms with Gasteiger partial charge in [0.1, 0.15) is 5.75 Å². The molecule has 1 saturated carbocycles. The van der Waals surface area contributed by atoms with Crippen LogP contribution in [0.15, 0.2) is 69.6 Å². The van der Waals surface area contributed by atoms with Gasteiger partial charge in [0.25, 0.3) is 11.5 Å². The molecular weight excluding hydrogens is 636 g/mol. The maximum atomic E-state index is 13.9. The van der Waals surface area contributed by atoms with Crippen LogP contribution in [-0.4, -0.2) is 71.2 Å². The van der Waals surface area contributed by atoms with Crippen molar-refractivity contribution in [3.05, 3.63) is 95.6 Å². The number of hydrogen-bond donors (Lipinski definition) is 0. The predicted molar refractivity (Wildman–Crippen MR) is 183 cm³/mol. The number of ether oxygens (including phenoxy) is 2. The molecule has 6 rings (SSSR count). The van der Waals surface area contributed by atoms with Gasteiger partial charge in [-0.2, -0.15) is 0 Å². The first kappa shape index (κ1) is 33.2. The summed E-state index contributed by atoms with van der Waals surface area (Å²) >= 11 is 7.43. The lowest BCUT2D eigenvalue weighted by Gasteiger charge is -2.40. The minimum Gasteiger partial charge on any atom is -0.484 e. The summed E-state index contributed by atoms with van der Waals surface area (Å²) in [5.41, 5.74) is 2.10. The van der Waals surface area contributed by atoms with Crippen molar-refractivity contribution >= 4 is 40.9 Å². The third-order valence-electron chi connectivity index (χ3n) is 9.07. The van der Waals surface area contributed by atoms with Crippen LogP contribution in [0.2, 0.25) is 5.02 Å². The highest BCUT2D eigenvalue weighted by Crippen LogP contribution is 2.31. The quantitative estimate of drug-likeness (QED) is 0.322. The second kappa shape index (κ2) is 14.6. The number of esters is 1. The zero-order valence-corrected chi connectivity index (χ0v) is 28.7. The van der Waals surface area contributed by atoms with Gasteiger partial charge in [0.2, 0.25) is 0 Å². The van der Waals surface area contributed by atoms with Crippen LogP contribution in [0.1, 0.15) is 70.0 Å². The number of fused-ring (bicyclic) bond motifs is 1. The predicted octanol–water partition coefficient (Wildman–Crippen LogP) is 4.70. The second-order valence-corrected chi connectivity index (χ2v) is 14.1. The van der Waals surface area contributed by atoms with Crippen molar-refractivity contribution in [2.45, 2.75) is 71.1 Å². The largest absolute Gasteiger partial charge is 0.484 e. The Labute approximate surface area is 283 Å². The third kappa shape index (κ3) is 7.55. The summed E-state index contributed by atoms with van der Waals surface area (Å²) in [6, 6.07) is 14.4. The van der Waals surface area contributed by atoms with Gasteiger partial charge in [0.15, 0.2) is 11.4 Å². The number of allylic oxidation sites excluding steroid dienone is 1. The van der Waals surface area contributed by atoms with E-state index in [0.717, 1.165) is 37.3 Å². The fourth-order valence-corrected chi connectivity index (χ4v) is 7.82. The van der Waals surface area contributed by atoms with E-state index in [-0.39, 0.29) is 24.2 Å². The summed E-state index contributed by atoms with van der Waals surface area (Å²) in [6.45, 7) is 8.67. The number of carbonyl (C=O) groups excluding carboxylic acids is 2. The van der Waals surface area contributed by atoms with Crippen LogP contribution in [0.3, 0.4) is 0 Å². The van der Waals surface area contributed by atoms with Gasteiger partial charge in [-0.25, -0.2) is 9.79 Å². The van der Waals surface area contributed by atoms with Crippen LogP contribution in [0, 0.1) is 0 Å². The van der Waals surface area contributed by atoms with Gasteiger partial charge < -0.3 is 14.4 Å². The molecule has 1 saturated heterocycles. The van der Waals surface area contributed by atoms with E-state index in [0.29, 0.717) is 37.4 Å². The average molecular weight is 677 g/mol. The van der Waals surface area contributed by atoms with E-state index in [1.165, 1.54) is 43.4 Å². The number of halogens is 1. The number of hydrogen-bond acceptors (Lipinski definition) is 8. The van der Waals surface area contributed by atoms with E-state index in [9.17, 15) is 14.4 Å². The van der Waals surface area contributed by atoms with Crippen molar-refractivity contribution < 1.29 is 19.1 Å². The van der Waals surface area contributed by atoms with E-state index in [4.69, 9.17) is 21.1 Å². The molecule has 47 heavy (non-hydrogen) atoms. The Morgan fingerprint density at radius 2 is 1.68 bits per heavy atom. The number of thiazole rings is 1. The van der Waals surface area contributed by atoms with Crippen molar-refractivity contribution in [1.29, 1.82) is 0 Å². The van der Waals surface area contributed by atoms with E-state index in [2.05, 4.69) is 9.89 Å². The maximum absolute atomic E-state index is 13.9. The molecule has 2 fully saturated rings. The molecule has 248 valence electrons. The zero-order chi connectivity index (χ0) is 33.1. The molecule has 9 nitrogen and oxygen atoms in total. The zero-order valence-electron chi connectivity index (χ0n) is 27.1. The molecule has 0 radical (unpaired) electrons. The monoisotopic (exact) mass is 676 g/mol. The highest BCUT2D eigenvalue weighted by molar-refractivity contribution is 7.07. The molecule has 1 amide bonds. The van der Waals surface area contributed by atoms with E-state index >= 15 is 0 Å². The maximum Gasteiger partial charge on any atom is 0.338 e. The van der Waals surface area contributed by atoms with Crippen molar-refractivity contribution in [3.8, 4) is 5.75 Å². The van der Waals surface area contributed by atoms with Gasteiger partial charge in [-0.15, -0.1) is 0 Å². The van der Waals surface area contributed by atoms with Crippen LogP contribution in [-0.2, 0) is 14.3 Å². The van der Waals surface area contributed by atoms with Gasteiger partial charge in [-0.1, -0.05) is 66.5 Å². The Kier molecular flexibility index (Phi) is 10.3. The Morgan fingerprint density at radius 3 is 2.34 bits per heavy atom. The number of piperazine rings is 1. The summed E-state index contributed by atoms with van der Waals surface area (Å²) in [5.74, 6) is 0.0800.